The predicted octanol–water partition coefficient (Wildman–Crippen LogP) is 4.59. The van der Waals surface area contributed by atoms with E-state index in [1.165, 1.54) is 56.9 Å². The average molecular weight is 288 g/mol. The molecule has 2 aromatic heterocycles. The molecular weight excluding hydrogens is 260 g/mol. The van der Waals surface area contributed by atoms with Gasteiger partial charge in [0.1, 0.15) is 0 Å². The number of rotatable bonds is 10. The number of anilines is 1. The van der Waals surface area contributed by atoms with Gasteiger partial charge in [-0.2, -0.15) is 4.98 Å². The van der Waals surface area contributed by atoms with E-state index < -0.39 is 0 Å². The van der Waals surface area contributed by atoms with Crippen LogP contribution >= 0.6 is 0 Å². The second-order valence-electron chi connectivity index (χ2n) is 5.85. The maximum Gasteiger partial charge on any atom is 0.243 e. The molecule has 0 aliphatic heterocycles. The number of unbranched alkanes of at least 4 members (excludes halogenated alkanes) is 7. The molecule has 1 N–H and O–H groups in total. The van der Waals surface area contributed by atoms with Crippen molar-refractivity contribution in [3.63, 3.8) is 0 Å². The molecule has 4 heteroatoms. The summed E-state index contributed by atoms with van der Waals surface area (Å²) in [5.74, 6) is 0.739. The fourth-order valence-electron chi connectivity index (χ4n) is 2.52. The summed E-state index contributed by atoms with van der Waals surface area (Å²) in [6.45, 7) is 5.29. The van der Waals surface area contributed by atoms with Gasteiger partial charge in [0, 0.05) is 12.7 Å². The highest BCUT2D eigenvalue weighted by Gasteiger charge is 2.02. The van der Waals surface area contributed by atoms with Gasteiger partial charge in [-0.3, -0.25) is 0 Å². The Morgan fingerprint density at radius 3 is 2.48 bits per heavy atom. The van der Waals surface area contributed by atoms with Gasteiger partial charge in [0.2, 0.25) is 5.95 Å². The minimum absolute atomic E-state index is 0.739. The molecule has 0 radical (unpaired) electrons. The monoisotopic (exact) mass is 288 g/mol. The molecule has 0 aliphatic rings. The van der Waals surface area contributed by atoms with Gasteiger partial charge in [0.05, 0.1) is 0 Å². The number of aromatic nitrogens is 3. The third kappa shape index (κ3) is 5.37. The Hall–Kier alpha value is -1.58. The van der Waals surface area contributed by atoms with E-state index in [-0.39, 0.29) is 0 Å². The van der Waals surface area contributed by atoms with Crippen molar-refractivity contribution in [2.45, 2.75) is 65.2 Å². The number of pyridine rings is 1. The molecule has 0 aromatic carbocycles. The summed E-state index contributed by atoms with van der Waals surface area (Å²) in [6.07, 6.45) is 12.7. The van der Waals surface area contributed by atoms with Crippen LogP contribution in [0.3, 0.4) is 0 Å². The summed E-state index contributed by atoms with van der Waals surface area (Å²) in [6, 6.07) is 4.07. The average Bonchev–Trinajstić information content (AvgIpc) is 2.87. The highest BCUT2D eigenvalue weighted by atomic mass is 15.3. The van der Waals surface area contributed by atoms with E-state index in [2.05, 4.69) is 35.3 Å². The van der Waals surface area contributed by atoms with E-state index in [1.807, 2.05) is 16.8 Å². The van der Waals surface area contributed by atoms with Gasteiger partial charge >= 0.3 is 0 Å². The molecule has 116 valence electrons. The first kappa shape index (κ1) is 15.8. The largest absolute Gasteiger partial charge is 0.353 e. The topological polar surface area (TPSA) is 42.2 Å². The Kier molecular flexibility index (Phi) is 6.51. The van der Waals surface area contributed by atoms with Crippen molar-refractivity contribution < 1.29 is 0 Å². The second kappa shape index (κ2) is 8.65. The fourth-order valence-corrected chi connectivity index (χ4v) is 2.52. The number of aryl methyl sites for hydroxylation is 1. The molecule has 0 bridgehead atoms. The maximum absolute atomic E-state index is 4.46. The summed E-state index contributed by atoms with van der Waals surface area (Å²) < 4.78 is 1.84. The minimum Gasteiger partial charge on any atom is -0.353 e. The zero-order chi connectivity index (χ0) is 14.9. The Balaban J connectivity index is 1.59. The standard InChI is InChI=1S/C17H28N4/c1-3-4-5-6-7-8-9-10-13-18-17-19-16-12-11-15(2)14-21(16)20-17/h11-12,14H,3-10,13H2,1-2H3,(H,18,20). The van der Waals surface area contributed by atoms with E-state index in [1.54, 1.807) is 0 Å². The molecule has 0 amide bonds. The first-order valence-corrected chi connectivity index (χ1v) is 8.36. The van der Waals surface area contributed by atoms with Gasteiger partial charge in [-0.1, -0.05) is 57.9 Å². The van der Waals surface area contributed by atoms with Crippen molar-refractivity contribution >= 4 is 11.6 Å². The first-order chi connectivity index (χ1) is 10.3. The van der Waals surface area contributed by atoms with Crippen molar-refractivity contribution in [3.8, 4) is 0 Å². The van der Waals surface area contributed by atoms with E-state index in [0.29, 0.717) is 0 Å². The molecule has 2 aromatic rings. The SMILES string of the molecule is CCCCCCCCCCNc1nc2ccc(C)cn2n1. The molecule has 0 spiro atoms. The van der Waals surface area contributed by atoms with Gasteiger partial charge in [0.25, 0.3) is 0 Å². The van der Waals surface area contributed by atoms with Crippen LogP contribution in [0, 0.1) is 6.92 Å². The fraction of sp³-hybridized carbons (Fsp3) is 0.647. The lowest BCUT2D eigenvalue weighted by Gasteiger charge is -2.02. The van der Waals surface area contributed by atoms with Gasteiger partial charge in [-0.15, -0.1) is 5.10 Å². The quantitative estimate of drug-likeness (QED) is 0.650. The van der Waals surface area contributed by atoms with E-state index >= 15 is 0 Å². The van der Waals surface area contributed by atoms with Gasteiger partial charge < -0.3 is 5.32 Å². The molecular formula is C17H28N4. The predicted molar refractivity (Wildman–Crippen MR) is 88.8 cm³/mol. The summed E-state index contributed by atoms with van der Waals surface area (Å²) in [5.41, 5.74) is 2.10. The molecule has 0 saturated heterocycles. The highest BCUT2D eigenvalue weighted by Crippen LogP contribution is 2.10. The molecule has 0 unspecified atom stereocenters. The lowest BCUT2D eigenvalue weighted by molar-refractivity contribution is 0.581. The van der Waals surface area contributed by atoms with Crippen LogP contribution in [-0.4, -0.2) is 21.1 Å². The molecule has 4 nitrogen and oxygen atoms in total. The summed E-state index contributed by atoms with van der Waals surface area (Å²) in [5, 5.41) is 7.76. The highest BCUT2D eigenvalue weighted by molar-refractivity contribution is 5.43. The second-order valence-corrected chi connectivity index (χ2v) is 5.85. The number of nitrogens with one attached hydrogen (secondary N) is 1. The zero-order valence-electron chi connectivity index (χ0n) is 13.4. The van der Waals surface area contributed by atoms with Crippen LogP contribution < -0.4 is 5.32 Å². The van der Waals surface area contributed by atoms with E-state index in [4.69, 9.17) is 0 Å². The van der Waals surface area contributed by atoms with E-state index in [0.717, 1.165) is 18.1 Å². The van der Waals surface area contributed by atoms with Crippen LogP contribution in [0.25, 0.3) is 5.65 Å². The van der Waals surface area contributed by atoms with Crippen molar-refractivity contribution in [1.82, 2.24) is 14.6 Å². The van der Waals surface area contributed by atoms with Crippen molar-refractivity contribution in [2.75, 3.05) is 11.9 Å². The van der Waals surface area contributed by atoms with Gasteiger partial charge in [0.15, 0.2) is 5.65 Å². The molecule has 2 rings (SSSR count). The zero-order valence-corrected chi connectivity index (χ0v) is 13.4. The minimum atomic E-state index is 0.739. The third-order valence-corrected chi connectivity index (χ3v) is 3.79. The van der Waals surface area contributed by atoms with Crippen molar-refractivity contribution in [1.29, 1.82) is 0 Å². The first-order valence-electron chi connectivity index (χ1n) is 8.36. The summed E-state index contributed by atoms with van der Waals surface area (Å²) >= 11 is 0. The van der Waals surface area contributed by atoms with Gasteiger partial charge in [-0.05, 0) is 25.0 Å². The van der Waals surface area contributed by atoms with Gasteiger partial charge in [-0.25, -0.2) is 4.52 Å². The van der Waals surface area contributed by atoms with Crippen molar-refractivity contribution in [3.05, 3.63) is 23.9 Å². The van der Waals surface area contributed by atoms with Crippen LogP contribution in [-0.2, 0) is 0 Å². The number of nitrogens with zero attached hydrogens (tertiary/aromatic N) is 3. The Morgan fingerprint density at radius 1 is 1.00 bits per heavy atom. The lowest BCUT2D eigenvalue weighted by atomic mass is 10.1. The molecule has 0 atom stereocenters. The number of hydrogen-bond acceptors (Lipinski definition) is 3. The lowest BCUT2D eigenvalue weighted by Crippen LogP contribution is -2.03. The maximum atomic E-state index is 4.46. The van der Waals surface area contributed by atoms with Crippen LogP contribution in [0.5, 0.6) is 0 Å². The molecule has 0 saturated carbocycles. The molecule has 0 fully saturated rings. The summed E-state index contributed by atoms with van der Waals surface area (Å²) in [7, 11) is 0. The molecule has 0 aliphatic carbocycles. The number of hydrogen-bond donors (Lipinski definition) is 1. The Bertz CT molecular complexity index is 533. The Labute approximate surface area is 128 Å². The number of fused-ring (bicyclic) bond motifs is 1. The molecule has 21 heavy (non-hydrogen) atoms. The van der Waals surface area contributed by atoms with Crippen LogP contribution in [0.1, 0.15) is 63.9 Å². The van der Waals surface area contributed by atoms with Crippen LogP contribution in [0.4, 0.5) is 5.95 Å². The molecule has 2 heterocycles. The van der Waals surface area contributed by atoms with E-state index in [9.17, 15) is 0 Å². The van der Waals surface area contributed by atoms with Crippen LogP contribution in [0.15, 0.2) is 18.3 Å². The third-order valence-electron chi connectivity index (χ3n) is 3.79. The Morgan fingerprint density at radius 2 is 1.71 bits per heavy atom. The normalized spacial score (nSPS) is 11.1. The smallest absolute Gasteiger partial charge is 0.243 e. The summed E-state index contributed by atoms with van der Waals surface area (Å²) in [4.78, 5) is 4.46. The van der Waals surface area contributed by atoms with Crippen LogP contribution in [0.2, 0.25) is 0 Å². The van der Waals surface area contributed by atoms with Crippen molar-refractivity contribution in [2.24, 2.45) is 0 Å².